The minimum Gasteiger partial charge on any atom is -0.469 e. The first-order chi connectivity index (χ1) is 7.91. The minimum absolute atomic E-state index is 0.127. The molecule has 0 spiro atoms. The van der Waals surface area contributed by atoms with Crippen LogP contribution in [0.1, 0.15) is 37.0 Å². The summed E-state index contributed by atoms with van der Waals surface area (Å²) in [6, 6.07) is 1.80. The molecule has 0 fully saturated rings. The van der Waals surface area contributed by atoms with Gasteiger partial charge in [0.25, 0.3) is 0 Å². The zero-order valence-corrected chi connectivity index (χ0v) is 10.8. The average Bonchev–Trinajstić information content (AvgIpc) is 2.65. The molecule has 1 atom stereocenters. The third-order valence-electron chi connectivity index (χ3n) is 3.35. The van der Waals surface area contributed by atoms with Gasteiger partial charge in [-0.3, -0.25) is 0 Å². The number of aryl methyl sites for hydroxylation is 1. The first-order valence-electron chi connectivity index (χ1n) is 5.88. The number of aliphatic hydroxyl groups is 1. The lowest BCUT2D eigenvalue weighted by Gasteiger charge is -2.31. The molecule has 1 aliphatic rings. The van der Waals surface area contributed by atoms with E-state index in [1.165, 1.54) is 6.26 Å². The Morgan fingerprint density at radius 3 is 3.00 bits per heavy atom. The highest BCUT2D eigenvalue weighted by Crippen LogP contribution is 2.39. The topological polar surface area (TPSA) is 67.5 Å². The van der Waals surface area contributed by atoms with Crippen molar-refractivity contribution in [3.05, 3.63) is 23.7 Å². The highest BCUT2D eigenvalue weighted by Gasteiger charge is 2.35. The minimum atomic E-state index is -2.95. The summed E-state index contributed by atoms with van der Waals surface area (Å²) in [5.41, 5.74) is -0.0529. The van der Waals surface area contributed by atoms with Crippen LogP contribution in [0.3, 0.4) is 0 Å². The van der Waals surface area contributed by atoms with Crippen molar-refractivity contribution >= 4 is 9.84 Å². The van der Waals surface area contributed by atoms with E-state index in [-0.39, 0.29) is 5.75 Å². The van der Waals surface area contributed by atoms with Gasteiger partial charge in [-0.05, 0) is 31.7 Å². The summed E-state index contributed by atoms with van der Waals surface area (Å²) >= 11 is 0. The van der Waals surface area contributed by atoms with Crippen molar-refractivity contribution in [2.75, 3.05) is 12.0 Å². The van der Waals surface area contributed by atoms with Crippen LogP contribution in [0.25, 0.3) is 0 Å². The van der Waals surface area contributed by atoms with Gasteiger partial charge in [-0.1, -0.05) is 0 Å². The Hall–Kier alpha value is -0.810. The van der Waals surface area contributed by atoms with E-state index in [1.54, 1.807) is 12.3 Å². The third kappa shape index (κ3) is 2.90. The molecule has 4 nitrogen and oxygen atoms in total. The van der Waals surface area contributed by atoms with Crippen molar-refractivity contribution in [1.29, 1.82) is 0 Å². The molecule has 0 aliphatic heterocycles. The van der Waals surface area contributed by atoms with Gasteiger partial charge in [0, 0.05) is 24.0 Å². The molecule has 1 aliphatic carbocycles. The molecule has 17 heavy (non-hydrogen) atoms. The molecule has 0 saturated carbocycles. The van der Waals surface area contributed by atoms with E-state index >= 15 is 0 Å². The van der Waals surface area contributed by atoms with Crippen molar-refractivity contribution in [1.82, 2.24) is 0 Å². The number of hydrogen-bond acceptors (Lipinski definition) is 4. The fourth-order valence-electron chi connectivity index (χ4n) is 2.51. The molecule has 0 amide bonds. The maximum absolute atomic E-state index is 11.1. The zero-order chi connectivity index (χ0) is 12.5. The molecule has 0 bridgehead atoms. The Kier molecular flexibility index (Phi) is 3.32. The van der Waals surface area contributed by atoms with Crippen molar-refractivity contribution in [3.8, 4) is 0 Å². The molecule has 1 aromatic rings. The van der Waals surface area contributed by atoms with Gasteiger partial charge < -0.3 is 9.52 Å². The van der Waals surface area contributed by atoms with Crippen LogP contribution in [0.4, 0.5) is 0 Å². The number of sulfone groups is 1. The molecule has 1 aromatic heterocycles. The molecule has 5 heteroatoms. The summed E-state index contributed by atoms with van der Waals surface area (Å²) in [6.07, 6.45) is 6.21. The number of hydrogen-bond donors (Lipinski definition) is 1. The monoisotopic (exact) mass is 258 g/mol. The van der Waals surface area contributed by atoms with Gasteiger partial charge in [0.05, 0.1) is 11.9 Å². The van der Waals surface area contributed by atoms with E-state index in [9.17, 15) is 13.5 Å². The largest absolute Gasteiger partial charge is 0.469 e. The van der Waals surface area contributed by atoms with E-state index < -0.39 is 15.4 Å². The molecule has 96 valence electrons. The van der Waals surface area contributed by atoms with Crippen molar-refractivity contribution in [2.45, 2.75) is 37.7 Å². The molecule has 1 N–H and O–H groups in total. The highest BCUT2D eigenvalue weighted by molar-refractivity contribution is 7.90. The van der Waals surface area contributed by atoms with Crippen LogP contribution in [-0.4, -0.2) is 25.5 Å². The lowest BCUT2D eigenvalue weighted by Crippen LogP contribution is -2.30. The van der Waals surface area contributed by atoms with Gasteiger partial charge in [-0.15, -0.1) is 0 Å². The Morgan fingerprint density at radius 1 is 1.53 bits per heavy atom. The Bertz CT molecular complexity index is 488. The van der Waals surface area contributed by atoms with Gasteiger partial charge >= 0.3 is 0 Å². The highest BCUT2D eigenvalue weighted by atomic mass is 32.2. The van der Waals surface area contributed by atoms with Gasteiger partial charge in [0.15, 0.2) is 0 Å². The van der Waals surface area contributed by atoms with Crippen LogP contribution in [0.2, 0.25) is 0 Å². The second kappa shape index (κ2) is 4.46. The van der Waals surface area contributed by atoms with Crippen LogP contribution < -0.4 is 0 Å². The SMILES string of the molecule is CS(=O)(=O)CCCC1(O)CCCc2occc21. The van der Waals surface area contributed by atoms with Crippen molar-refractivity contribution in [2.24, 2.45) is 0 Å². The normalized spacial score (nSPS) is 24.6. The Labute approximate surface area is 102 Å². The molecule has 0 saturated heterocycles. The quantitative estimate of drug-likeness (QED) is 0.891. The Balaban J connectivity index is 2.06. The van der Waals surface area contributed by atoms with Crippen LogP contribution in [0.15, 0.2) is 16.7 Å². The average molecular weight is 258 g/mol. The van der Waals surface area contributed by atoms with E-state index in [0.717, 1.165) is 24.2 Å². The van der Waals surface area contributed by atoms with Gasteiger partial charge in [0.2, 0.25) is 0 Å². The lowest BCUT2D eigenvalue weighted by atomic mass is 9.80. The molecule has 1 heterocycles. The summed E-state index contributed by atoms with van der Waals surface area (Å²) in [5.74, 6) is 0.973. The fourth-order valence-corrected chi connectivity index (χ4v) is 3.18. The summed E-state index contributed by atoms with van der Waals surface area (Å²) in [6.45, 7) is 0. The standard InChI is InChI=1S/C12H18O4S/c1-17(14,15)9-3-7-12(13)6-2-4-11-10(12)5-8-16-11/h5,8,13H,2-4,6-7,9H2,1H3. The smallest absolute Gasteiger partial charge is 0.147 e. The van der Waals surface area contributed by atoms with Gasteiger partial charge in [0.1, 0.15) is 15.6 Å². The van der Waals surface area contributed by atoms with Gasteiger partial charge in [-0.2, -0.15) is 0 Å². The summed E-state index contributed by atoms with van der Waals surface area (Å²) in [7, 11) is -2.95. The van der Waals surface area contributed by atoms with Crippen molar-refractivity contribution in [3.63, 3.8) is 0 Å². The van der Waals surface area contributed by atoms with Crippen LogP contribution in [0.5, 0.6) is 0 Å². The van der Waals surface area contributed by atoms with Gasteiger partial charge in [-0.25, -0.2) is 8.42 Å². The number of furan rings is 1. The molecule has 1 unspecified atom stereocenters. The van der Waals surface area contributed by atoms with E-state index in [2.05, 4.69) is 0 Å². The van der Waals surface area contributed by atoms with Crippen LogP contribution in [0, 0.1) is 0 Å². The second-order valence-electron chi connectivity index (χ2n) is 4.88. The maximum atomic E-state index is 11.1. The fraction of sp³-hybridized carbons (Fsp3) is 0.667. The van der Waals surface area contributed by atoms with E-state index in [0.29, 0.717) is 19.3 Å². The molecular weight excluding hydrogens is 240 g/mol. The first kappa shape index (κ1) is 12.6. The molecular formula is C12H18O4S. The summed E-state index contributed by atoms with van der Waals surface area (Å²) in [4.78, 5) is 0. The number of fused-ring (bicyclic) bond motifs is 1. The van der Waals surface area contributed by atoms with Crippen LogP contribution >= 0.6 is 0 Å². The predicted molar refractivity (Wildman–Crippen MR) is 64.5 cm³/mol. The number of rotatable bonds is 4. The molecule has 0 radical (unpaired) electrons. The summed E-state index contributed by atoms with van der Waals surface area (Å²) < 4.78 is 27.5. The predicted octanol–water partition coefficient (Wildman–Crippen LogP) is 1.63. The third-order valence-corrected chi connectivity index (χ3v) is 4.38. The lowest BCUT2D eigenvalue weighted by molar-refractivity contribution is 0.00751. The van der Waals surface area contributed by atoms with Crippen LogP contribution in [-0.2, 0) is 21.9 Å². The van der Waals surface area contributed by atoms with E-state index in [4.69, 9.17) is 4.42 Å². The summed E-state index contributed by atoms with van der Waals surface area (Å²) in [5, 5.41) is 10.6. The second-order valence-corrected chi connectivity index (χ2v) is 7.14. The zero-order valence-electron chi connectivity index (χ0n) is 9.98. The first-order valence-corrected chi connectivity index (χ1v) is 7.94. The molecule has 2 rings (SSSR count). The Morgan fingerprint density at radius 2 is 2.29 bits per heavy atom. The van der Waals surface area contributed by atoms with E-state index in [1.807, 2.05) is 0 Å². The molecule has 0 aromatic carbocycles. The maximum Gasteiger partial charge on any atom is 0.147 e. The van der Waals surface area contributed by atoms with Crippen molar-refractivity contribution < 1.29 is 17.9 Å².